The van der Waals surface area contributed by atoms with Gasteiger partial charge in [0.1, 0.15) is 51.8 Å². The molecule has 0 heterocycles. The first-order valence-corrected chi connectivity index (χ1v) is 6.75. The van der Waals surface area contributed by atoms with Crippen LogP contribution in [0.15, 0.2) is 12.1 Å². The van der Waals surface area contributed by atoms with E-state index in [1.807, 2.05) is 75.9 Å². The molecule has 0 spiro atoms. The van der Waals surface area contributed by atoms with Crippen LogP contribution < -0.4 is 3.07 Å². The molecule has 15 heavy (non-hydrogen) atoms. The Hall–Kier alpha value is 1.13. The number of hydrogen-bond donors (Lipinski definition) is 0. The lowest BCUT2D eigenvalue weighted by molar-refractivity contribution is 0.399. The number of rotatable bonds is 5. The molecule has 1 aromatic carbocycles. The molecule has 1 aromatic rings. The van der Waals surface area contributed by atoms with E-state index in [-0.39, 0.29) is 0 Å². The summed E-state index contributed by atoms with van der Waals surface area (Å²) in [6.07, 6.45) is 0. The van der Waals surface area contributed by atoms with Crippen molar-refractivity contribution in [3.05, 3.63) is 28.8 Å². The van der Waals surface area contributed by atoms with Crippen molar-refractivity contribution in [2.24, 2.45) is 0 Å². The van der Waals surface area contributed by atoms with Gasteiger partial charge in [0.15, 0.2) is 23.0 Å². The molecular weight excluding hydrogens is 537 g/mol. The molecule has 0 aliphatic carbocycles. The average Bonchev–Trinajstić information content (AvgIpc) is 2.18. The molecular formula is C9H9I3O3. The predicted molar refractivity (Wildman–Crippen MR) is 83.4 cm³/mol. The van der Waals surface area contributed by atoms with Crippen LogP contribution in [0, 0.1) is 6.92 Å². The van der Waals surface area contributed by atoms with Crippen molar-refractivity contribution in [1.82, 2.24) is 0 Å². The number of benzene rings is 1. The molecule has 1 rings (SSSR count). The zero-order valence-electron chi connectivity index (χ0n) is 7.93. The molecule has 6 heteroatoms. The molecule has 0 aliphatic rings. The summed E-state index contributed by atoms with van der Waals surface area (Å²) in [5.41, 5.74) is 3.27. The Kier molecular flexibility index (Phi) is 7.05. The van der Waals surface area contributed by atoms with Gasteiger partial charge in [0.25, 0.3) is 0 Å². The van der Waals surface area contributed by atoms with Crippen molar-refractivity contribution in [2.45, 2.75) is 20.1 Å². The van der Waals surface area contributed by atoms with Gasteiger partial charge < -0.3 is 9.20 Å². The van der Waals surface area contributed by atoms with E-state index in [0.29, 0.717) is 13.2 Å². The van der Waals surface area contributed by atoms with Gasteiger partial charge in [0, 0.05) is 11.1 Å². The molecule has 0 aromatic heterocycles. The minimum atomic E-state index is 0.537. The smallest absolute Gasteiger partial charge is 0.192 e. The van der Waals surface area contributed by atoms with Crippen molar-refractivity contribution in [1.29, 1.82) is 0 Å². The third-order valence-corrected chi connectivity index (χ3v) is 2.95. The van der Waals surface area contributed by atoms with Gasteiger partial charge in [-0.15, -0.1) is 0 Å². The topological polar surface area (TPSA) is 27.7 Å². The molecule has 0 radical (unpaired) electrons. The van der Waals surface area contributed by atoms with Gasteiger partial charge in [-0.2, -0.15) is 0 Å². The molecule has 0 unspecified atom stereocenters. The quantitative estimate of drug-likeness (QED) is 0.512. The van der Waals surface area contributed by atoms with Gasteiger partial charge in [-0.05, 0) is 19.1 Å². The van der Waals surface area contributed by atoms with E-state index in [1.165, 1.54) is 5.56 Å². The molecule has 0 bridgehead atoms. The molecule has 0 N–H and O–H groups in total. The summed E-state index contributed by atoms with van der Waals surface area (Å²) < 4.78 is 15.5. The van der Waals surface area contributed by atoms with Crippen molar-refractivity contribution < 1.29 is 9.20 Å². The lowest BCUT2D eigenvalue weighted by Gasteiger charge is -2.11. The lowest BCUT2D eigenvalue weighted by Crippen LogP contribution is -1.96. The summed E-state index contributed by atoms with van der Waals surface area (Å²) in [6, 6.07) is 4.12. The van der Waals surface area contributed by atoms with Crippen molar-refractivity contribution >= 4 is 69.0 Å². The fourth-order valence-electron chi connectivity index (χ4n) is 1.36. The van der Waals surface area contributed by atoms with Crippen molar-refractivity contribution in [3.63, 3.8) is 0 Å². The zero-order chi connectivity index (χ0) is 11.3. The molecule has 0 aliphatic heterocycles. The largest absolute Gasteiger partial charge is 0.427 e. The first-order valence-electron chi connectivity index (χ1n) is 4.11. The summed E-state index contributed by atoms with van der Waals surface area (Å²) in [5.74, 6) is 0.842. The van der Waals surface area contributed by atoms with Gasteiger partial charge in [-0.3, -0.25) is 0 Å². The Morgan fingerprint density at radius 3 is 1.80 bits per heavy atom. The summed E-state index contributed by atoms with van der Waals surface area (Å²) in [5, 5.41) is 0. The lowest BCUT2D eigenvalue weighted by atomic mass is 10.1. The Bertz CT molecular complexity index is 303. The third-order valence-electron chi connectivity index (χ3n) is 1.88. The molecule has 3 nitrogen and oxygen atoms in total. The molecule has 0 saturated carbocycles. The Morgan fingerprint density at radius 2 is 1.47 bits per heavy atom. The van der Waals surface area contributed by atoms with E-state index >= 15 is 0 Å². The van der Waals surface area contributed by atoms with E-state index in [9.17, 15) is 0 Å². The van der Waals surface area contributed by atoms with Crippen LogP contribution in [0.3, 0.4) is 0 Å². The summed E-state index contributed by atoms with van der Waals surface area (Å²) in [4.78, 5) is 0. The predicted octanol–water partition coefficient (Wildman–Crippen LogP) is 4.46. The fraction of sp³-hybridized carbons (Fsp3) is 0.333. The van der Waals surface area contributed by atoms with Gasteiger partial charge >= 0.3 is 0 Å². The second kappa shape index (κ2) is 7.45. The second-order valence-electron chi connectivity index (χ2n) is 3.00. The number of hydrogen-bond acceptors (Lipinski definition) is 3. The van der Waals surface area contributed by atoms with Crippen LogP contribution in [0.1, 0.15) is 16.7 Å². The third kappa shape index (κ3) is 4.13. The normalized spacial score (nSPS) is 10.4. The number of halogens is 3. The highest BCUT2D eigenvalue weighted by atomic mass is 127. The standard InChI is InChI=1S/C9H9I3O3/c1-6-2-7(4-13-10)9(15-12)8(3-6)5-14-11/h2-3H,4-5H2,1H3. The van der Waals surface area contributed by atoms with Crippen molar-refractivity contribution in [2.75, 3.05) is 0 Å². The molecule has 0 amide bonds. The maximum Gasteiger partial charge on any atom is 0.192 e. The van der Waals surface area contributed by atoms with E-state index < -0.39 is 0 Å². The van der Waals surface area contributed by atoms with E-state index in [0.717, 1.165) is 16.9 Å². The highest BCUT2D eigenvalue weighted by molar-refractivity contribution is 14.1. The van der Waals surface area contributed by atoms with Crippen LogP contribution in [0.5, 0.6) is 5.75 Å². The molecule has 0 fully saturated rings. The first kappa shape index (κ1) is 14.2. The Labute approximate surface area is 131 Å². The summed E-state index contributed by atoms with van der Waals surface area (Å²) in [7, 11) is 0. The van der Waals surface area contributed by atoms with Crippen molar-refractivity contribution in [3.8, 4) is 5.75 Å². The summed E-state index contributed by atoms with van der Waals surface area (Å²) in [6.45, 7) is 3.12. The maximum absolute atomic E-state index is 5.34. The zero-order valence-corrected chi connectivity index (χ0v) is 14.4. The molecule has 84 valence electrons. The van der Waals surface area contributed by atoms with E-state index in [2.05, 4.69) is 12.1 Å². The van der Waals surface area contributed by atoms with Gasteiger partial charge in [-0.25, -0.2) is 0 Å². The number of aryl methyl sites for hydroxylation is 1. The average molecular weight is 546 g/mol. The van der Waals surface area contributed by atoms with Crippen LogP contribution in [0.4, 0.5) is 0 Å². The molecule has 0 atom stereocenters. The van der Waals surface area contributed by atoms with Crippen LogP contribution in [-0.2, 0) is 19.3 Å². The van der Waals surface area contributed by atoms with Gasteiger partial charge in [0.2, 0.25) is 0 Å². The Balaban J connectivity index is 3.12. The second-order valence-corrected chi connectivity index (χ2v) is 4.68. The Morgan fingerprint density at radius 1 is 1.00 bits per heavy atom. The highest BCUT2D eigenvalue weighted by Gasteiger charge is 2.11. The van der Waals surface area contributed by atoms with Crippen LogP contribution >= 0.6 is 69.0 Å². The van der Waals surface area contributed by atoms with Crippen LogP contribution in [0.2, 0.25) is 0 Å². The van der Waals surface area contributed by atoms with E-state index in [4.69, 9.17) is 9.20 Å². The monoisotopic (exact) mass is 546 g/mol. The minimum Gasteiger partial charge on any atom is -0.427 e. The fourth-order valence-corrected chi connectivity index (χ4v) is 2.60. The van der Waals surface area contributed by atoms with Crippen LogP contribution in [-0.4, -0.2) is 0 Å². The highest BCUT2D eigenvalue weighted by Crippen LogP contribution is 2.29. The van der Waals surface area contributed by atoms with Gasteiger partial charge in [0.05, 0.1) is 13.2 Å². The first-order chi connectivity index (χ1) is 7.22. The van der Waals surface area contributed by atoms with E-state index in [1.54, 1.807) is 0 Å². The SMILES string of the molecule is Cc1cc(COI)c(OI)c(COI)c1. The summed E-state index contributed by atoms with van der Waals surface area (Å²) >= 11 is 5.64. The maximum atomic E-state index is 5.34. The minimum absolute atomic E-state index is 0.537. The van der Waals surface area contributed by atoms with Crippen LogP contribution in [0.25, 0.3) is 0 Å². The molecule has 0 saturated heterocycles. The van der Waals surface area contributed by atoms with Gasteiger partial charge in [-0.1, -0.05) is 5.56 Å².